The van der Waals surface area contributed by atoms with Crippen LogP contribution in [0.15, 0.2) is 18.2 Å². The van der Waals surface area contributed by atoms with E-state index in [-0.39, 0.29) is 18.2 Å². The highest BCUT2D eigenvalue weighted by molar-refractivity contribution is 5.21. The zero-order valence-corrected chi connectivity index (χ0v) is 10.3. The fourth-order valence-electron chi connectivity index (χ4n) is 2.18. The predicted octanol–water partition coefficient (Wildman–Crippen LogP) is 1.72. The molecule has 1 heterocycles. The van der Waals surface area contributed by atoms with Crippen LogP contribution in [-0.2, 0) is 4.74 Å². The van der Waals surface area contributed by atoms with E-state index in [4.69, 9.17) is 4.74 Å². The second-order valence-electron chi connectivity index (χ2n) is 4.60. The molecule has 0 saturated carbocycles. The second kappa shape index (κ2) is 5.73. The molecule has 0 spiro atoms. The minimum absolute atomic E-state index is 0.00847. The average molecular weight is 257 g/mol. The maximum absolute atomic E-state index is 13.5. The van der Waals surface area contributed by atoms with Crippen molar-refractivity contribution >= 4 is 0 Å². The van der Waals surface area contributed by atoms with Crippen LogP contribution in [0.5, 0.6) is 0 Å². The van der Waals surface area contributed by atoms with E-state index in [1.54, 1.807) is 0 Å². The van der Waals surface area contributed by atoms with Gasteiger partial charge in [0, 0.05) is 25.2 Å². The Bertz CT molecular complexity index is 414. The van der Waals surface area contributed by atoms with Crippen molar-refractivity contribution in [3.8, 4) is 0 Å². The summed E-state index contributed by atoms with van der Waals surface area (Å²) >= 11 is 0. The fraction of sp³-hybridized carbons (Fsp3) is 0.538. The number of benzene rings is 1. The number of halogens is 2. The van der Waals surface area contributed by atoms with Crippen LogP contribution in [0.25, 0.3) is 0 Å². The number of ether oxygens (including phenoxy) is 1. The van der Waals surface area contributed by atoms with E-state index < -0.39 is 17.7 Å². The van der Waals surface area contributed by atoms with Crippen molar-refractivity contribution in [3.05, 3.63) is 35.4 Å². The van der Waals surface area contributed by atoms with Crippen molar-refractivity contribution < 1.29 is 18.6 Å². The molecule has 2 atom stereocenters. The molecule has 18 heavy (non-hydrogen) atoms. The molecule has 1 aliphatic heterocycles. The number of hydrogen-bond donors (Lipinski definition) is 1. The molecular weight excluding hydrogens is 240 g/mol. The third-order valence-corrected chi connectivity index (χ3v) is 3.10. The van der Waals surface area contributed by atoms with Gasteiger partial charge in [-0.1, -0.05) is 12.1 Å². The number of morpholine rings is 1. The molecule has 3 nitrogen and oxygen atoms in total. The number of rotatable bonds is 3. The van der Waals surface area contributed by atoms with E-state index in [2.05, 4.69) is 0 Å². The van der Waals surface area contributed by atoms with E-state index in [9.17, 15) is 13.9 Å². The molecule has 1 fully saturated rings. The van der Waals surface area contributed by atoms with Crippen molar-refractivity contribution in [2.75, 3.05) is 26.2 Å². The van der Waals surface area contributed by atoms with Crippen molar-refractivity contribution in [1.29, 1.82) is 0 Å². The van der Waals surface area contributed by atoms with Gasteiger partial charge in [0.1, 0.15) is 0 Å². The molecule has 0 radical (unpaired) electrons. The van der Waals surface area contributed by atoms with Crippen molar-refractivity contribution in [2.24, 2.45) is 0 Å². The molecule has 5 heteroatoms. The molecule has 2 rings (SSSR count). The molecule has 2 unspecified atom stereocenters. The molecular formula is C13H17F2NO2. The van der Waals surface area contributed by atoms with Crippen LogP contribution in [0, 0.1) is 11.6 Å². The largest absolute Gasteiger partial charge is 0.387 e. The molecule has 0 bridgehead atoms. The van der Waals surface area contributed by atoms with Gasteiger partial charge in [-0.3, -0.25) is 4.90 Å². The van der Waals surface area contributed by atoms with Crippen LogP contribution in [0.4, 0.5) is 8.78 Å². The molecule has 1 N–H and O–H groups in total. The Morgan fingerprint density at radius 2 is 2.28 bits per heavy atom. The molecule has 1 aliphatic rings. The molecule has 100 valence electrons. The number of aliphatic hydroxyl groups excluding tert-OH is 1. The highest BCUT2D eigenvalue weighted by atomic mass is 19.2. The van der Waals surface area contributed by atoms with Gasteiger partial charge >= 0.3 is 0 Å². The highest BCUT2D eigenvalue weighted by Crippen LogP contribution is 2.21. The quantitative estimate of drug-likeness (QED) is 0.895. The molecule has 1 aromatic rings. The summed E-state index contributed by atoms with van der Waals surface area (Å²) < 4.78 is 31.9. The number of hydrogen-bond acceptors (Lipinski definition) is 3. The topological polar surface area (TPSA) is 32.7 Å². The van der Waals surface area contributed by atoms with E-state index in [0.717, 1.165) is 6.07 Å². The van der Waals surface area contributed by atoms with Gasteiger partial charge in [0.15, 0.2) is 11.6 Å². The Morgan fingerprint density at radius 3 is 3.00 bits per heavy atom. The van der Waals surface area contributed by atoms with Gasteiger partial charge in [-0.15, -0.1) is 0 Å². The summed E-state index contributed by atoms with van der Waals surface area (Å²) in [6, 6.07) is 3.86. The second-order valence-corrected chi connectivity index (χ2v) is 4.60. The standard InChI is InChI=1S/C13H17F2NO2/c1-9-7-16(5-6-18-9)8-12(17)10-3-2-4-11(14)13(10)15/h2-4,9,12,17H,5-8H2,1H3. The van der Waals surface area contributed by atoms with Gasteiger partial charge in [0.05, 0.1) is 18.8 Å². The number of β-amino-alcohol motifs (C(OH)–C–C–N with tert-alkyl or cyclic N) is 1. The van der Waals surface area contributed by atoms with Crippen LogP contribution < -0.4 is 0 Å². The monoisotopic (exact) mass is 257 g/mol. The minimum Gasteiger partial charge on any atom is -0.387 e. The lowest BCUT2D eigenvalue weighted by Gasteiger charge is -2.32. The summed E-state index contributed by atoms with van der Waals surface area (Å²) in [5, 5.41) is 9.98. The van der Waals surface area contributed by atoms with Gasteiger partial charge in [-0.25, -0.2) is 8.78 Å². The van der Waals surface area contributed by atoms with Gasteiger partial charge in [0.25, 0.3) is 0 Å². The lowest BCUT2D eigenvalue weighted by atomic mass is 10.1. The SMILES string of the molecule is CC1CN(CC(O)c2cccc(F)c2F)CCO1. The van der Waals surface area contributed by atoms with Crippen LogP contribution in [0.3, 0.4) is 0 Å². The molecule has 0 aliphatic carbocycles. The molecule has 0 amide bonds. The minimum atomic E-state index is -1.02. The normalized spacial score (nSPS) is 23.0. The van der Waals surface area contributed by atoms with Crippen molar-refractivity contribution in [3.63, 3.8) is 0 Å². The van der Waals surface area contributed by atoms with Crippen LogP contribution >= 0.6 is 0 Å². The summed E-state index contributed by atoms with van der Waals surface area (Å²) in [5.74, 6) is -1.90. The van der Waals surface area contributed by atoms with E-state index >= 15 is 0 Å². The van der Waals surface area contributed by atoms with Crippen LogP contribution in [-0.4, -0.2) is 42.4 Å². The number of aliphatic hydroxyl groups is 1. The third kappa shape index (κ3) is 3.04. The maximum Gasteiger partial charge on any atom is 0.164 e. The number of nitrogens with zero attached hydrogens (tertiary/aromatic N) is 1. The zero-order valence-electron chi connectivity index (χ0n) is 10.3. The Balaban J connectivity index is 2.02. The van der Waals surface area contributed by atoms with Crippen molar-refractivity contribution in [2.45, 2.75) is 19.1 Å². The third-order valence-electron chi connectivity index (χ3n) is 3.10. The Morgan fingerprint density at radius 1 is 1.50 bits per heavy atom. The summed E-state index contributed by atoms with van der Waals surface area (Å²) in [6.45, 7) is 4.21. The lowest BCUT2D eigenvalue weighted by Crippen LogP contribution is -2.43. The van der Waals surface area contributed by atoms with E-state index in [1.807, 2.05) is 11.8 Å². The summed E-state index contributed by atoms with van der Waals surface area (Å²) in [7, 11) is 0. The molecule has 0 aromatic heterocycles. The molecule has 1 saturated heterocycles. The first-order valence-electron chi connectivity index (χ1n) is 6.04. The van der Waals surface area contributed by atoms with E-state index in [1.165, 1.54) is 12.1 Å². The van der Waals surface area contributed by atoms with Gasteiger partial charge in [-0.2, -0.15) is 0 Å². The first-order chi connectivity index (χ1) is 8.58. The van der Waals surface area contributed by atoms with Gasteiger partial charge in [0.2, 0.25) is 0 Å². The Kier molecular flexibility index (Phi) is 4.27. The summed E-state index contributed by atoms with van der Waals surface area (Å²) in [4.78, 5) is 1.99. The van der Waals surface area contributed by atoms with Crippen LogP contribution in [0.2, 0.25) is 0 Å². The van der Waals surface area contributed by atoms with Gasteiger partial charge < -0.3 is 9.84 Å². The smallest absolute Gasteiger partial charge is 0.164 e. The van der Waals surface area contributed by atoms with E-state index in [0.29, 0.717) is 19.7 Å². The van der Waals surface area contributed by atoms with Gasteiger partial charge in [-0.05, 0) is 13.0 Å². The lowest BCUT2D eigenvalue weighted by molar-refractivity contribution is -0.0322. The highest BCUT2D eigenvalue weighted by Gasteiger charge is 2.22. The Labute approximate surface area is 105 Å². The maximum atomic E-state index is 13.5. The first-order valence-corrected chi connectivity index (χ1v) is 6.04. The molecule has 1 aromatic carbocycles. The van der Waals surface area contributed by atoms with Crippen molar-refractivity contribution in [1.82, 2.24) is 4.90 Å². The summed E-state index contributed by atoms with van der Waals surface area (Å²) in [6.07, 6.45) is -0.922. The predicted molar refractivity (Wildman–Crippen MR) is 63.2 cm³/mol. The fourth-order valence-corrected chi connectivity index (χ4v) is 2.18. The first kappa shape index (κ1) is 13.4. The zero-order chi connectivity index (χ0) is 13.1. The Hall–Kier alpha value is -1.04. The average Bonchev–Trinajstić information content (AvgIpc) is 2.32. The summed E-state index contributed by atoms with van der Waals surface area (Å²) in [5.41, 5.74) is 0.00847. The van der Waals surface area contributed by atoms with Crippen LogP contribution in [0.1, 0.15) is 18.6 Å².